The van der Waals surface area contributed by atoms with E-state index in [1.807, 2.05) is 11.7 Å². The summed E-state index contributed by atoms with van der Waals surface area (Å²) in [5.41, 5.74) is 3.71. The van der Waals surface area contributed by atoms with Crippen LogP contribution in [0.2, 0.25) is 0 Å². The first kappa shape index (κ1) is 16.1. The average molecular weight is 303 g/mol. The van der Waals surface area contributed by atoms with Crippen LogP contribution in [0.1, 0.15) is 30.7 Å². The van der Waals surface area contributed by atoms with Crippen LogP contribution in [-0.4, -0.2) is 16.3 Å². The zero-order valence-electron chi connectivity index (χ0n) is 13.6. The quantitative estimate of drug-likeness (QED) is 0.877. The fourth-order valence-corrected chi connectivity index (χ4v) is 3.42. The van der Waals surface area contributed by atoms with Gasteiger partial charge < -0.3 is 5.32 Å². The van der Waals surface area contributed by atoms with Gasteiger partial charge >= 0.3 is 0 Å². The number of nitrogens with one attached hydrogen (secondary N) is 1. The molecule has 0 radical (unpaired) electrons. The Morgan fingerprint density at radius 3 is 2.71 bits per heavy atom. The monoisotopic (exact) mass is 303 g/mol. The Labute approximate surface area is 132 Å². The van der Waals surface area contributed by atoms with Crippen LogP contribution in [-0.2, 0) is 13.6 Å². The Morgan fingerprint density at radius 2 is 2.05 bits per heavy atom. The maximum Gasteiger partial charge on any atom is 0.103 e. The maximum atomic E-state index is 4.58. The Morgan fingerprint density at radius 1 is 1.29 bits per heavy atom. The summed E-state index contributed by atoms with van der Waals surface area (Å²) >= 11 is 1.80. The van der Waals surface area contributed by atoms with Gasteiger partial charge in [0.2, 0.25) is 0 Å². The van der Waals surface area contributed by atoms with E-state index in [2.05, 4.69) is 62.4 Å². The SMILES string of the molecule is Cc1cccc(Sc2c(CNCC(C)C)c(C)nn2C)c1. The molecule has 0 aliphatic heterocycles. The largest absolute Gasteiger partial charge is 0.312 e. The molecule has 21 heavy (non-hydrogen) atoms. The second kappa shape index (κ2) is 7.14. The molecule has 0 aliphatic rings. The summed E-state index contributed by atoms with van der Waals surface area (Å²) in [7, 11) is 2.02. The molecule has 0 atom stereocenters. The van der Waals surface area contributed by atoms with E-state index in [1.165, 1.54) is 21.0 Å². The van der Waals surface area contributed by atoms with Gasteiger partial charge in [-0.05, 0) is 38.4 Å². The Bertz CT molecular complexity index is 602. The summed E-state index contributed by atoms with van der Waals surface area (Å²) in [6.07, 6.45) is 0. The van der Waals surface area contributed by atoms with E-state index < -0.39 is 0 Å². The Kier molecular flexibility index (Phi) is 5.48. The standard InChI is InChI=1S/C17H25N3S/c1-12(2)10-18-11-16-14(4)19-20(5)17(16)21-15-8-6-7-13(3)9-15/h6-9,12,18H,10-11H2,1-5H3. The van der Waals surface area contributed by atoms with Gasteiger partial charge in [0.25, 0.3) is 0 Å². The fourth-order valence-electron chi connectivity index (χ4n) is 2.29. The zero-order chi connectivity index (χ0) is 15.4. The lowest BCUT2D eigenvalue weighted by Gasteiger charge is -2.10. The second-order valence-corrected chi connectivity index (χ2v) is 7.00. The number of aryl methyl sites for hydroxylation is 3. The summed E-state index contributed by atoms with van der Waals surface area (Å²) in [6, 6.07) is 8.62. The molecule has 0 spiro atoms. The summed E-state index contributed by atoms with van der Waals surface area (Å²) in [5.74, 6) is 0.662. The van der Waals surface area contributed by atoms with Crippen molar-refractivity contribution in [2.75, 3.05) is 6.54 Å². The Hall–Kier alpha value is -1.26. The normalized spacial score (nSPS) is 11.3. The van der Waals surface area contributed by atoms with E-state index in [0.29, 0.717) is 5.92 Å². The highest BCUT2D eigenvalue weighted by atomic mass is 32.2. The van der Waals surface area contributed by atoms with E-state index in [0.717, 1.165) is 18.8 Å². The topological polar surface area (TPSA) is 29.9 Å². The van der Waals surface area contributed by atoms with Gasteiger partial charge in [-0.25, -0.2) is 0 Å². The molecule has 0 unspecified atom stereocenters. The lowest BCUT2D eigenvalue weighted by molar-refractivity contribution is 0.548. The van der Waals surface area contributed by atoms with Gasteiger partial charge in [0.1, 0.15) is 5.03 Å². The van der Waals surface area contributed by atoms with Crippen molar-refractivity contribution >= 4 is 11.8 Å². The maximum absolute atomic E-state index is 4.58. The average Bonchev–Trinajstić information content (AvgIpc) is 2.65. The molecule has 0 fully saturated rings. The molecule has 0 saturated carbocycles. The van der Waals surface area contributed by atoms with Crippen LogP contribution in [0, 0.1) is 19.8 Å². The second-order valence-electron chi connectivity index (χ2n) is 5.94. The highest BCUT2D eigenvalue weighted by Crippen LogP contribution is 2.32. The van der Waals surface area contributed by atoms with Gasteiger partial charge in [-0.1, -0.05) is 43.3 Å². The minimum Gasteiger partial charge on any atom is -0.312 e. The summed E-state index contributed by atoms with van der Waals surface area (Å²) < 4.78 is 1.99. The smallest absolute Gasteiger partial charge is 0.103 e. The predicted molar refractivity (Wildman–Crippen MR) is 89.8 cm³/mol. The van der Waals surface area contributed by atoms with Crippen molar-refractivity contribution in [3.63, 3.8) is 0 Å². The predicted octanol–water partition coefficient (Wildman–Crippen LogP) is 3.93. The molecule has 2 rings (SSSR count). The number of aromatic nitrogens is 2. The number of benzene rings is 1. The lowest BCUT2D eigenvalue weighted by atomic mass is 10.2. The van der Waals surface area contributed by atoms with Crippen molar-refractivity contribution < 1.29 is 0 Å². The van der Waals surface area contributed by atoms with Crippen molar-refractivity contribution in [1.29, 1.82) is 0 Å². The van der Waals surface area contributed by atoms with Crippen molar-refractivity contribution in [3.05, 3.63) is 41.1 Å². The molecular weight excluding hydrogens is 278 g/mol. The van der Waals surface area contributed by atoms with Gasteiger partial charge in [-0.3, -0.25) is 4.68 Å². The van der Waals surface area contributed by atoms with Crippen LogP contribution < -0.4 is 5.32 Å². The van der Waals surface area contributed by atoms with Crippen LogP contribution >= 0.6 is 11.8 Å². The first-order valence-electron chi connectivity index (χ1n) is 7.45. The third-order valence-corrected chi connectivity index (χ3v) is 4.54. The van der Waals surface area contributed by atoms with Gasteiger partial charge in [-0.15, -0.1) is 0 Å². The van der Waals surface area contributed by atoms with Gasteiger partial charge in [0.05, 0.1) is 5.69 Å². The van der Waals surface area contributed by atoms with Crippen molar-refractivity contribution in [1.82, 2.24) is 15.1 Å². The van der Waals surface area contributed by atoms with E-state index in [-0.39, 0.29) is 0 Å². The summed E-state index contributed by atoms with van der Waals surface area (Å²) in [5, 5.41) is 9.34. The summed E-state index contributed by atoms with van der Waals surface area (Å²) in [6.45, 7) is 10.6. The third kappa shape index (κ3) is 4.35. The highest BCUT2D eigenvalue weighted by molar-refractivity contribution is 7.99. The van der Waals surface area contributed by atoms with E-state index in [4.69, 9.17) is 0 Å². The number of nitrogens with zero attached hydrogens (tertiary/aromatic N) is 2. The minimum absolute atomic E-state index is 0.662. The third-order valence-electron chi connectivity index (χ3n) is 3.35. The molecule has 1 heterocycles. The molecular formula is C17H25N3S. The first-order valence-corrected chi connectivity index (χ1v) is 8.26. The number of hydrogen-bond donors (Lipinski definition) is 1. The number of hydrogen-bond acceptors (Lipinski definition) is 3. The van der Waals surface area contributed by atoms with Crippen LogP contribution in [0.15, 0.2) is 34.2 Å². The molecule has 1 N–H and O–H groups in total. The minimum atomic E-state index is 0.662. The summed E-state index contributed by atoms with van der Waals surface area (Å²) in [4.78, 5) is 1.27. The van der Waals surface area contributed by atoms with Crippen molar-refractivity contribution in [2.24, 2.45) is 13.0 Å². The van der Waals surface area contributed by atoms with Crippen molar-refractivity contribution in [2.45, 2.75) is 44.2 Å². The van der Waals surface area contributed by atoms with Gasteiger partial charge in [0, 0.05) is 24.1 Å². The first-order chi connectivity index (χ1) is 9.97. The molecule has 3 nitrogen and oxygen atoms in total. The lowest BCUT2D eigenvalue weighted by Crippen LogP contribution is -2.19. The molecule has 0 amide bonds. The molecule has 0 aliphatic carbocycles. The molecule has 4 heteroatoms. The molecule has 1 aromatic heterocycles. The van der Waals surface area contributed by atoms with Crippen LogP contribution in [0.4, 0.5) is 0 Å². The van der Waals surface area contributed by atoms with Crippen LogP contribution in [0.25, 0.3) is 0 Å². The molecule has 2 aromatic rings. The number of rotatable bonds is 6. The van der Waals surface area contributed by atoms with Crippen LogP contribution in [0.3, 0.4) is 0 Å². The fraction of sp³-hybridized carbons (Fsp3) is 0.471. The molecule has 114 valence electrons. The zero-order valence-corrected chi connectivity index (χ0v) is 14.4. The van der Waals surface area contributed by atoms with E-state index in [1.54, 1.807) is 11.8 Å². The molecule has 0 saturated heterocycles. The Balaban J connectivity index is 2.18. The van der Waals surface area contributed by atoms with E-state index in [9.17, 15) is 0 Å². The highest BCUT2D eigenvalue weighted by Gasteiger charge is 2.14. The van der Waals surface area contributed by atoms with Crippen LogP contribution in [0.5, 0.6) is 0 Å². The molecule has 1 aromatic carbocycles. The van der Waals surface area contributed by atoms with E-state index >= 15 is 0 Å². The van der Waals surface area contributed by atoms with Crippen molar-refractivity contribution in [3.8, 4) is 0 Å². The van der Waals surface area contributed by atoms with Gasteiger partial charge in [0.15, 0.2) is 0 Å². The van der Waals surface area contributed by atoms with Gasteiger partial charge in [-0.2, -0.15) is 5.10 Å². The molecule has 0 bridgehead atoms.